The molecule has 5 heteroatoms. The second kappa shape index (κ2) is 4.49. The molecule has 1 fully saturated rings. The van der Waals surface area contributed by atoms with Gasteiger partial charge >= 0.3 is 5.97 Å². The van der Waals surface area contributed by atoms with Crippen LogP contribution < -0.4 is 0 Å². The maximum atomic E-state index is 12.0. The molecular formula is C12H14O4S. The summed E-state index contributed by atoms with van der Waals surface area (Å²) in [5.74, 6) is -0.434. The summed E-state index contributed by atoms with van der Waals surface area (Å²) >= 11 is 0. The van der Waals surface area contributed by atoms with Crippen LogP contribution in [0.5, 0.6) is 0 Å². The monoisotopic (exact) mass is 254 g/mol. The third-order valence-electron chi connectivity index (χ3n) is 2.75. The standard InChI is InChI=1S/C12H14O4S/c1-9-2-5-11(6-3-9)17(14,15)8-10-4-7-12(13)16-10/h2-3,5-6,10H,4,7-8H2,1H3/t10-/m1/s1. The van der Waals surface area contributed by atoms with E-state index >= 15 is 0 Å². The number of sulfone groups is 1. The topological polar surface area (TPSA) is 60.4 Å². The summed E-state index contributed by atoms with van der Waals surface area (Å²) in [5.41, 5.74) is 1.01. The number of hydrogen-bond acceptors (Lipinski definition) is 4. The van der Waals surface area contributed by atoms with Crippen LogP contribution >= 0.6 is 0 Å². The maximum absolute atomic E-state index is 12.0. The molecule has 2 rings (SSSR count). The summed E-state index contributed by atoms with van der Waals surface area (Å²) in [6.07, 6.45) is 0.312. The first kappa shape index (κ1) is 12.1. The Bertz CT molecular complexity index is 516. The molecule has 1 aliphatic rings. The van der Waals surface area contributed by atoms with Gasteiger partial charge in [-0.15, -0.1) is 0 Å². The van der Waals surface area contributed by atoms with Crippen molar-refractivity contribution in [2.75, 3.05) is 5.75 Å². The van der Waals surface area contributed by atoms with E-state index in [1.54, 1.807) is 24.3 Å². The van der Waals surface area contributed by atoms with Gasteiger partial charge in [0.05, 0.1) is 10.6 Å². The predicted octanol–water partition coefficient (Wildman–Crippen LogP) is 1.47. The van der Waals surface area contributed by atoms with Gasteiger partial charge in [-0.05, 0) is 25.5 Å². The van der Waals surface area contributed by atoms with Crippen molar-refractivity contribution >= 4 is 15.8 Å². The third-order valence-corrected chi connectivity index (χ3v) is 4.55. The van der Waals surface area contributed by atoms with Crippen LogP contribution in [0.1, 0.15) is 18.4 Å². The lowest BCUT2D eigenvalue weighted by Crippen LogP contribution is -2.20. The Morgan fingerprint density at radius 2 is 1.94 bits per heavy atom. The van der Waals surface area contributed by atoms with E-state index in [0.717, 1.165) is 5.56 Å². The van der Waals surface area contributed by atoms with Gasteiger partial charge < -0.3 is 4.74 Å². The molecule has 1 heterocycles. The highest BCUT2D eigenvalue weighted by molar-refractivity contribution is 7.91. The predicted molar refractivity (Wildman–Crippen MR) is 62.3 cm³/mol. The number of benzene rings is 1. The Morgan fingerprint density at radius 1 is 1.29 bits per heavy atom. The number of esters is 1. The number of carbonyl (C=O) groups excluding carboxylic acids is 1. The fourth-order valence-corrected chi connectivity index (χ4v) is 3.25. The zero-order valence-electron chi connectivity index (χ0n) is 9.55. The second-order valence-corrected chi connectivity index (χ2v) is 6.28. The summed E-state index contributed by atoms with van der Waals surface area (Å²) in [7, 11) is -3.36. The molecule has 1 aliphatic heterocycles. The van der Waals surface area contributed by atoms with Crippen molar-refractivity contribution in [1.82, 2.24) is 0 Å². The molecule has 17 heavy (non-hydrogen) atoms. The van der Waals surface area contributed by atoms with E-state index in [4.69, 9.17) is 4.74 Å². The SMILES string of the molecule is Cc1ccc(S(=O)(=O)C[C@H]2CCC(=O)O2)cc1. The molecule has 0 amide bonds. The highest BCUT2D eigenvalue weighted by Gasteiger charge is 2.29. The lowest BCUT2D eigenvalue weighted by molar-refractivity contribution is -0.140. The van der Waals surface area contributed by atoms with Crippen LogP contribution in [0.2, 0.25) is 0 Å². The van der Waals surface area contributed by atoms with Gasteiger partial charge in [0.25, 0.3) is 0 Å². The minimum absolute atomic E-state index is 0.123. The molecule has 92 valence electrons. The van der Waals surface area contributed by atoms with Crippen LogP contribution in [0.15, 0.2) is 29.2 Å². The number of carbonyl (C=O) groups is 1. The molecule has 0 spiro atoms. The molecule has 0 saturated carbocycles. The van der Waals surface area contributed by atoms with E-state index < -0.39 is 15.9 Å². The molecule has 0 aliphatic carbocycles. The van der Waals surface area contributed by atoms with Crippen LogP contribution in [0.25, 0.3) is 0 Å². The van der Waals surface area contributed by atoms with E-state index in [0.29, 0.717) is 12.8 Å². The Labute approximate surface area is 101 Å². The highest BCUT2D eigenvalue weighted by atomic mass is 32.2. The van der Waals surface area contributed by atoms with E-state index in [-0.39, 0.29) is 16.6 Å². The van der Waals surface area contributed by atoms with Crippen molar-refractivity contribution in [2.24, 2.45) is 0 Å². The molecule has 0 unspecified atom stereocenters. The van der Waals surface area contributed by atoms with Gasteiger partial charge in [-0.2, -0.15) is 0 Å². The lowest BCUT2D eigenvalue weighted by Gasteiger charge is -2.10. The van der Waals surface area contributed by atoms with Crippen LogP contribution in [0.4, 0.5) is 0 Å². The van der Waals surface area contributed by atoms with Gasteiger partial charge in [-0.1, -0.05) is 17.7 Å². The van der Waals surface area contributed by atoms with Gasteiger partial charge in [-0.25, -0.2) is 8.42 Å². The summed E-state index contributed by atoms with van der Waals surface area (Å²) in [5, 5.41) is 0. The minimum atomic E-state index is -3.36. The van der Waals surface area contributed by atoms with Gasteiger partial charge in [-0.3, -0.25) is 4.79 Å². The fourth-order valence-electron chi connectivity index (χ4n) is 1.79. The van der Waals surface area contributed by atoms with Crippen molar-refractivity contribution in [2.45, 2.75) is 30.8 Å². The van der Waals surface area contributed by atoms with Crippen molar-refractivity contribution < 1.29 is 17.9 Å². The number of rotatable bonds is 3. The molecular weight excluding hydrogens is 240 g/mol. The van der Waals surface area contributed by atoms with E-state index in [1.807, 2.05) is 6.92 Å². The van der Waals surface area contributed by atoms with Gasteiger partial charge in [0.2, 0.25) is 0 Å². The van der Waals surface area contributed by atoms with Crippen molar-refractivity contribution in [3.05, 3.63) is 29.8 Å². The Balaban J connectivity index is 2.14. The molecule has 0 aromatic heterocycles. The average Bonchev–Trinajstić information content (AvgIpc) is 2.63. The summed E-state index contributed by atoms with van der Waals surface area (Å²) < 4.78 is 29.0. The maximum Gasteiger partial charge on any atom is 0.306 e. The molecule has 1 aromatic rings. The number of ether oxygens (including phenoxy) is 1. The first-order valence-corrected chi connectivity index (χ1v) is 7.11. The first-order valence-electron chi connectivity index (χ1n) is 5.46. The first-order chi connectivity index (χ1) is 7.97. The number of cyclic esters (lactones) is 1. The quantitative estimate of drug-likeness (QED) is 0.766. The van der Waals surface area contributed by atoms with E-state index in [2.05, 4.69) is 0 Å². The minimum Gasteiger partial charge on any atom is -0.461 e. The van der Waals surface area contributed by atoms with Gasteiger partial charge in [0, 0.05) is 6.42 Å². The lowest BCUT2D eigenvalue weighted by atomic mass is 10.2. The molecule has 0 bridgehead atoms. The summed E-state index contributed by atoms with van der Waals surface area (Å²) in [6, 6.07) is 6.68. The van der Waals surface area contributed by atoms with Crippen LogP contribution in [-0.2, 0) is 19.4 Å². The normalized spacial score (nSPS) is 20.3. The molecule has 1 atom stereocenters. The smallest absolute Gasteiger partial charge is 0.306 e. The third kappa shape index (κ3) is 2.85. The van der Waals surface area contributed by atoms with Crippen molar-refractivity contribution in [3.63, 3.8) is 0 Å². The zero-order valence-corrected chi connectivity index (χ0v) is 10.4. The van der Waals surface area contributed by atoms with Crippen LogP contribution in [0.3, 0.4) is 0 Å². The fraction of sp³-hybridized carbons (Fsp3) is 0.417. The number of hydrogen-bond donors (Lipinski definition) is 0. The summed E-state index contributed by atoms with van der Waals surface area (Å²) in [6.45, 7) is 1.90. The van der Waals surface area contributed by atoms with Crippen molar-refractivity contribution in [1.29, 1.82) is 0 Å². The van der Waals surface area contributed by atoms with E-state index in [1.165, 1.54) is 0 Å². The molecule has 4 nitrogen and oxygen atoms in total. The summed E-state index contributed by atoms with van der Waals surface area (Å²) in [4.78, 5) is 11.2. The molecule has 0 radical (unpaired) electrons. The molecule has 0 N–H and O–H groups in total. The second-order valence-electron chi connectivity index (χ2n) is 4.25. The molecule has 1 saturated heterocycles. The van der Waals surface area contributed by atoms with Crippen molar-refractivity contribution in [3.8, 4) is 0 Å². The molecule has 1 aromatic carbocycles. The zero-order chi connectivity index (χ0) is 12.5. The Hall–Kier alpha value is -1.36. The largest absolute Gasteiger partial charge is 0.461 e. The van der Waals surface area contributed by atoms with Crippen LogP contribution in [-0.4, -0.2) is 26.2 Å². The van der Waals surface area contributed by atoms with Gasteiger partial charge in [0.1, 0.15) is 6.10 Å². The Kier molecular flexibility index (Phi) is 3.19. The van der Waals surface area contributed by atoms with E-state index in [9.17, 15) is 13.2 Å². The highest BCUT2D eigenvalue weighted by Crippen LogP contribution is 2.20. The van der Waals surface area contributed by atoms with Gasteiger partial charge in [0.15, 0.2) is 9.84 Å². The van der Waals surface area contributed by atoms with Crippen LogP contribution in [0, 0.1) is 6.92 Å². The number of aryl methyl sites for hydroxylation is 1. The average molecular weight is 254 g/mol. The Morgan fingerprint density at radius 3 is 2.47 bits per heavy atom.